The molecule has 1 nitrogen and oxygen atoms in total. The van der Waals surface area contributed by atoms with E-state index < -0.39 is 6.04 Å². The predicted octanol–water partition coefficient (Wildman–Crippen LogP) is 4.54. The molecule has 0 bridgehead atoms. The van der Waals surface area contributed by atoms with Crippen molar-refractivity contribution in [1.82, 2.24) is 0 Å². The van der Waals surface area contributed by atoms with Crippen LogP contribution < -0.4 is 5.73 Å². The van der Waals surface area contributed by atoms with Gasteiger partial charge in [-0.05, 0) is 42.6 Å². The van der Waals surface area contributed by atoms with Gasteiger partial charge in [-0.15, -0.1) is 11.3 Å². The first-order chi connectivity index (χ1) is 9.54. The Morgan fingerprint density at radius 2 is 1.85 bits per heavy atom. The second kappa shape index (κ2) is 4.96. The molecule has 1 atom stereocenters. The summed E-state index contributed by atoms with van der Waals surface area (Å²) in [4.78, 5) is 0.829. The molecule has 20 heavy (non-hydrogen) atoms. The number of thiophene rings is 1. The van der Waals surface area contributed by atoms with Gasteiger partial charge >= 0.3 is 0 Å². The van der Waals surface area contributed by atoms with Crippen LogP contribution in [-0.4, -0.2) is 0 Å². The van der Waals surface area contributed by atoms with Crippen molar-refractivity contribution >= 4 is 21.4 Å². The molecule has 0 saturated carbocycles. The van der Waals surface area contributed by atoms with Crippen molar-refractivity contribution in [2.75, 3.05) is 0 Å². The summed E-state index contributed by atoms with van der Waals surface area (Å²) in [6.45, 7) is 1.90. The summed E-state index contributed by atoms with van der Waals surface area (Å²) in [5.74, 6) is -0.594. The van der Waals surface area contributed by atoms with Gasteiger partial charge in [0.05, 0.1) is 6.04 Å². The van der Waals surface area contributed by atoms with Gasteiger partial charge in [-0.1, -0.05) is 17.7 Å². The molecular weight excluding hydrogens is 276 g/mol. The second-order valence-electron chi connectivity index (χ2n) is 4.83. The number of halogens is 2. The maximum Gasteiger partial charge on any atom is 0.128 e. The lowest BCUT2D eigenvalue weighted by Crippen LogP contribution is -2.12. The molecule has 0 aliphatic heterocycles. The molecule has 0 radical (unpaired) electrons. The lowest BCUT2D eigenvalue weighted by Gasteiger charge is -2.11. The maximum absolute atomic E-state index is 13.9. The fourth-order valence-electron chi connectivity index (χ4n) is 2.24. The molecular formula is C16H13F2NS. The maximum atomic E-state index is 13.9. The molecule has 1 unspecified atom stereocenters. The van der Waals surface area contributed by atoms with E-state index in [1.165, 1.54) is 29.5 Å². The molecule has 4 heteroatoms. The number of hydrogen-bond donors (Lipinski definition) is 1. The third-order valence-electron chi connectivity index (χ3n) is 3.29. The molecule has 3 aromatic rings. The van der Waals surface area contributed by atoms with Crippen molar-refractivity contribution in [3.8, 4) is 0 Å². The van der Waals surface area contributed by atoms with E-state index in [2.05, 4.69) is 0 Å². The fourth-order valence-corrected chi connectivity index (χ4v) is 3.31. The Hall–Kier alpha value is -1.78. The highest BCUT2D eigenvalue weighted by Gasteiger charge is 2.16. The third-order valence-corrected chi connectivity index (χ3v) is 4.49. The van der Waals surface area contributed by atoms with E-state index in [-0.39, 0.29) is 11.6 Å². The highest BCUT2D eigenvalue weighted by Crippen LogP contribution is 2.33. The third kappa shape index (κ3) is 2.32. The summed E-state index contributed by atoms with van der Waals surface area (Å²) in [6, 6.07) is 10.8. The van der Waals surface area contributed by atoms with Crippen LogP contribution in [0.15, 0.2) is 42.5 Å². The largest absolute Gasteiger partial charge is 0.320 e. The predicted molar refractivity (Wildman–Crippen MR) is 79.0 cm³/mol. The van der Waals surface area contributed by atoms with E-state index in [1.807, 2.05) is 13.0 Å². The molecule has 0 amide bonds. The molecule has 0 saturated heterocycles. The van der Waals surface area contributed by atoms with Crippen LogP contribution in [0, 0.1) is 18.6 Å². The van der Waals surface area contributed by atoms with E-state index in [0.717, 1.165) is 20.5 Å². The molecule has 2 N–H and O–H groups in total. The first kappa shape index (κ1) is 13.2. The molecule has 0 spiro atoms. The average Bonchev–Trinajstić information content (AvgIpc) is 2.83. The zero-order valence-corrected chi connectivity index (χ0v) is 11.7. The monoisotopic (exact) mass is 289 g/mol. The fraction of sp³-hybridized carbons (Fsp3) is 0.125. The summed E-state index contributed by atoms with van der Waals surface area (Å²) in [5, 5.41) is 0.800. The minimum Gasteiger partial charge on any atom is -0.320 e. The van der Waals surface area contributed by atoms with Crippen molar-refractivity contribution in [3.63, 3.8) is 0 Å². The zero-order chi connectivity index (χ0) is 14.3. The van der Waals surface area contributed by atoms with Gasteiger partial charge in [0.15, 0.2) is 0 Å². The number of rotatable bonds is 2. The van der Waals surface area contributed by atoms with Crippen LogP contribution in [0.5, 0.6) is 0 Å². The van der Waals surface area contributed by atoms with Crippen molar-refractivity contribution in [2.45, 2.75) is 13.0 Å². The highest BCUT2D eigenvalue weighted by atomic mass is 32.1. The molecule has 102 valence electrons. The first-order valence-corrected chi connectivity index (χ1v) is 7.07. The normalized spacial score (nSPS) is 12.8. The van der Waals surface area contributed by atoms with Crippen LogP contribution >= 0.6 is 11.3 Å². The summed E-state index contributed by atoms with van der Waals surface area (Å²) in [7, 11) is 0. The number of hydrogen-bond acceptors (Lipinski definition) is 2. The summed E-state index contributed by atoms with van der Waals surface area (Å²) < 4.78 is 28.0. The molecule has 0 aliphatic rings. The summed E-state index contributed by atoms with van der Waals surface area (Å²) >= 11 is 1.47. The Balaban J connectivity index is 2.07. The minimum absolute atomic E-state index is 0.280. The molecule has 1 aromatic heterocycles. The smallest absolute Gasteiger partial charge is 0.128 e. The van der Waals surface area contributed by atoms with Crippen molar-refractivity contribution < 1.29 is 8.78 Å². The van der Waals surface area contributed by atoms with E-state index in [1.54, 1.807) is 18.2 Å². The van der Waals surface area contributed by atoms with Gasteiger partial charge in [0.25, 0.3) is 0 Å². The van der Waals surface area contributed by atoms with Crippen molar-refractivity contribution in [1.29, 1.82) is 0 Å². The molecule has 2 aromatic carbocycles. The highest BCUT2D eigenvalue weighted by molar-refractivity contribution is 7.19. The van der Waals surface area contributed by atoms with Crippen molar-refractivity contribution in [3.05, 3.63) is 70.1 Å². The Morgan fingerprint density at radius 3 is 2.65 bits per heavy atom. The van der Waals surface area contributed by atoms with Crippen LogP contribution in [-0.2, 0) is 0 Å². The number of fused-ring (bicyclic) bond motifs is 1. The Morgan fingerprint density at radius 1 is 1.05 bits per heavy atom. The molecule has 0 aliphatic carbocycles. The summed E-state index contributed by atoms with van der Waals surface area (Å²) in [6.07, 6.45) is 0. The van der Waals surface area contributed by atoms with Crippen LogP contribution in [0.25, 0.3) is 10.1 Å². The van der Waals surface area contributed by atoms with Crippen LogP contribution in [0.2, 0.25) is 0 Å². The zero-order valence-electron chi connectivity index (χ0n) is 10.9. The van der Waals surface area contributed by atoms with Gasteiger partial charge < -0.3 is 5.73 Å². The van der Waals surface area contributed by atoms with Crippen LogP contribution in [0.1, 0.15) is 22.0 Å². The van der Waals surface area contributed by atoms with E-state index in [0.29, 0.717) is 5.56 Å². The average molecular weight is 289 g/mol. The number of benzene rings is 2. The van der Waals surface area contributed by atoms with E-state index in [4.69, 9.17) is 5.73 Å². The van der Waals surface area contributed by atoms with Crippen LogP contribution in [0.4, 0.5) is 8.78 Å². The lowest BCUT2D eigenvalue weighted by molar-refractivity contribution is 0.600. The van der Waals surface area contributed by atoms with E-state index in [9.17, 15) is 8.78 Å². The van der Waals surface area contributed by atoms with Gasteiger partial charge in [0.2, 0.25) is 0 Å². The van der Waals surface area contributed by atoms with Gasteiger partial charge in [0, 0.05) is 15.1 Å². The minimum atomic E-state index is -0.532. The van der Waals surface area contributed by atoms with Crippen molar-refractivity contribution in [2.24, 2.45) is 5.73 Å². The Labute approximate surface area is 119 Å². The lowest BCUT2D eigenvalue weighted by atomic mass is 10.0. The van der Waals surface area contributed by atoms with Gasteiger partial charge in [-0.3, -0.25) is 0 Å². The first-order valence-electron chi connectivity index (χ1n) is 6.25. The molecule has 3 rings (SSSR count). The Bertz CT molecular complexity index is 779. The Kier molecular flexibility index (Phi) is 3.28. The van der Waals surface area contributed by atoms with Gasteiger partial charge in [-0.25, -0.2) is 8.78 Å². The SMILES string of the molecule is Cc1ccc(F)c(C(N)c2cc3cc(F)ccc3s2)c1. The number of nitrogens with two attached hydrogens (primary N) is 1. The second-order valence-corrected chi connectivity index (χ2v) is 5.95. The standard InChI is InChI=1S/C16H13F2NS/c1-9-2-4-13(18)12(6-9)16(19)15-8-10-7-11(17)3-5-14(10)20-15/h2-8,16H,19H2,1H3. The number of aryl methyl sites for hydroxylation is 1. The quantitative estimate of drug-likeness (QED) is 0.736. The molecule has 1 heterocycles. The van der Waals surface area contributed by atoms with Gasteiger partial charge in [0.1, 0.15) is 11.6 Å². The summed E-state index contributed by atoms with van der Waals surface area (Å²) in [5.41, 5.74) is 7.60. The molecule has 0 fully saturated rings. The topological polar surface area (TPSA) is 26.0 Å². The van der Waals surface area contributed by atoms with Crippen LogP contribution in [0.3, 0.4) is 0 Å². The van der Waals surface area contributed by atoms with Gasteiger partial charge in [-0.2, -0.15) is 0 Å². The van der Waals surface area contributed by atoms with E-state index >= 15 is 0 Å².